The quantitative estimate of drug-likeness (QED) is 0.410. The van der Waals surface area contributed by atoms with Crippen LogP contribution in [0.5, 0.6) is 0 Å². The number of imide groups is 1. The zero-order valence-corrected chi connectivity index (χ0v) is 17.4. The summed E-state index contributed by atoms with van der Waals surface area (Å²) in [5.74, 6) is -0.422. The van der Waals surface area contributed by atoms with E-state index in [9.17, 15) is 14.4 Å². The topological polar surface area (TPSA) is 97.5 Å². The molecule has 8 nitrogen and oxygen atoms in total. The zero-order chi connectivity index (χ0) is 20.5. The van der Waals surface area contributed by atoms with Crippen molar-refractivity contribution in [1.29, 1.82) is 0 Å². The van der Waals surface area contributed by atoms with E-state index in [0.717, 1.165) is 31.1 Å². The predicted molar refractivity (Wildman–Crippen MR) is 111 cm³/mol. The minimum atomic E-state index is -0.509. The Morgan fingerprint density at radius 3 is 2.71 bits per heavy atom. The number of hydrogen-bond acceptors (Lipinski definition) is 5. The number of urea groups is 1. The van der Waals surface area contributed by atoms with E-state index < -0.39 is 11.9 Å². The van der Waals surface area contributed by atoms with Crippen molar-refractivity contribution in [1.82, 2.24) is 20.2 Å². The van der Waals surface area contributed by atoms with Crippen molar-refractivity contribution in [3.05, 3.63) is 34.6 Å². The van der Waals surface area contributed by atoms with E-state index in [1.54, 1.807) is 16.7 Å². The average molecular weight is 407 g/mol. The molecule has 0 aliphatic carbocycles. The summed E-state index contributed by atoms with van der Waals surface area (Å²) in [6, 6.07) is 6.68. The van der Waals surface area contributed by atoms with E-state index in [0.29, 0.717) is 29.1 Å². The van der Waals surface area contributed by atoms with Crippen molar-refractivity contribution in [3.8, 4) is 0 Å². The second-order valence-corrected chi connectivity index (χ2v) is 7.71. The van der Waals surface area contributed by atoms with Crippen LogP contribution < -0.4 is 21.1 Å². The van der Waals surface area contributed by atoms with Crippen LogP contribution in [0.3, 0.4) is 0 Å². The average Bonchev–Trinajstić information content (AvgIpc) is 2.66. The molecule has 3 amide bonds. The van der Waals surface area contributed by atoms with E-state index in [4.69, 9.17) is 0 Å². The number of aromatic nitrogens is 2. The van der Waals surface area contributed by atoms with E-state index >= 15 is 0 Å². The smallest absolute Gasteiger partial charge is 0.321 e. The van der Waals surface area contributed by atoms with Crippen LogP contribution in [0.2, 0.25) is 0 Å². The lowest BCUT2D eigenvalue weighted by atomic mass is 10.2. The number of rotatable bonds is 9. The lowest BCUT2D eigenvalue weighted by molar-refractivity contribution is -0.858. The maximum absolute atomic E-state index is 12.9. The molecule has 0 bridgehead atoms. The highest BCUT2D eigenvalue weighted by molar-refractivity contribution is 7.99. The molecule has 3 N–H and O–H groups in total. The van der Waals surface area contributed by atoms with Crippen LogP contribution in [0.1, 0.15) is 19.8 Å². The molecule has 0 saturated heterocycles. The standard InChI is InChI=1S/C19H27N5O3S/c1-4-10-20-18(27)22-16(25)13-28-19-21-15-9-6-5-8-14(15)17(26)24(19)12-7-11-23(2)3/h5-6,8-9H,4,7,10-13H2,1-3H3,(H2,20,22,25,27)/p+1. The third-order valence-electron chi connectivity index (χ3n) is 4.01. The molecule has 1 aromatic carbocycles. The van der Waals surface area contributed by atoms with Gasteiger partial charge in [-0.1, -0.05) is 30.8 Å². The zero-order valence-electron chi connectivity index (χ0n) is 16.6. The molecule has 0 spiro atoms. The third-order valence-corrected chi connectivity index (χ3v) is 4.98. The van der Waals surface area contributed by atoms with Crippen LogP contribution in [-0.4, -0.2) is 54.4 Å². The summed E-state index contributed by atoms with van der Waals surface area (Å²) in [5, 5.41) is 5.93. The molecule has 0 aliphatic rings. The number of fused-ring (bicyclic) bond motifs is 1. The Kier molecular flexibility index (Phi) is 8.46. The van der Waals surface area contributed by atoms with Crippen molar-refractivity contribution in [3.63, 3.8) is 0 Å². The highest BCUT2D eigenvalue weighted by Gasteiger charge is 2.14. The molecule has 152 valence electrons. The molecule has 0 atom stereocenters. The molecule has 28 heavy (non-hydrogen) atoms. The normalized spacial score (nSPS) is 11.0. The Bertz CT molecular complexity index is 881. The molecule has 1 heterocycles. The van der Waals surface area contributed by atoms with Gasteiger partial charge in [-0.15, -0.1) is 0 Å². The fraction of sp³-hybridized carbons (Fsp3) is 0.474. The van der Waals surface area contributed by atoms with Gasteiger partial charge in [0.25, 0.3) is 5.56 Å². The summed E-state index contributed by atoms with van der Waals surface area (Å²) < 4.78 is 1.63. The largest absolute Gasteiger partial charge is 0.340 e. The molecule has 2 aromatic rings. The van der Waals surface area contributed by atoms with Crippen LogP contribution in [0, 0.1) is 0 Å². The van der Waals surface area contributed by atoms with Gasteiger partial charge in [-0.05, 0) is 18.6 Å². The van der Waals surface area contributed by atoms with Crippen LogP contribution >= 0.6 is 11.8 Å². The number of thioether (sulfide) groups is 1. The van der Waals surface area contributed by atoms with E-state index in [1.807, 2.05) is 19.1 Å². The second kappa shape index (κ2) is 10.8. The monoisotopic (exact) mass is 406 g/mol. The van der Waals surface area contributed by atoms with Crippen molar-refractivity contribution in [2.24, 2.45) is 0 Å². The summed E-state index contributed by atoms with van der Waals surface area (Å²) in [6.07, 6.45) is 1.61. The molecule has 0 unspecified atom stereocenters. The van der Waals surface area contributed by atoms with Gasteiger partial charge in [-0.25, -0.2) is 9.78 Å². The van der Waals surface area contributed by atoms with Gasteiger partial charge in [0.1, 0.15) is 0 Å². The van der Waals surface area contributed by atoms with Crippen molar-refractivity contribution in [2.75, 3.05) is 32.9 Å². The Hall–Kier alpha value is -2.39. The number of carbonyl (C=O) groups is 2. The lowest BCUT2D eigenvalue weighted by Gasteiger charge is -2.14. The maximum atomic E-state index is 12.9. The first-order valence-corrected chi connectivity index (χ1v) is 10.4. The van der Waals surface area contributed by atoms with Crippen LogP contribution in [0.25, 0.3) is 10.9 Å². The maximum Gasteiger partial charge on any atom is 0.321 e. The summed E-state index contributed by atoms with van der Waals surface area (Å²) in [4.78, 5) is 42.4. The third kappa shape index (κ3) is 6.35. The van der Waals surface area contributed by atoms with E-state index in [1.165, 1.54) is 4.90 Å². The minimum absolute atomic E-state index is 0.00323. The highest BCUT2D eigenvalue weighted by Crippen LogP contribution is 2.17. The number of nitrogens with zero attached hydrogens (tertiary/aromatic N) is 2. The first kappa shape index (κ1) is 21.9. The summed E-state index contributed by atoms with van der Waals surface area (Å²) in [6.45, 7) is 3.89. The molecule has 0 saturated carbocycles. The molecule has 9 heteroatoms. The van der Waals surface area contributed by atoms with Gasteiger partial charge >= 0.3 is 6.03 Å². The van der Waals surface area contributed by atoms with Gasteiger partial charge < -0.3 is 10.2 Å². The first-order valence-electron chi connectivity index (χ1n) is 9.41. The van der Waals surface area contributed by atoms with Gasteiger partial charge in [-0.3, -0.25) is 19.5 Å². The number of benzene rings is 1. The number of quaternary nitrogens is 1. The number of nitrogens with one attached hydrogen (secondary N) is 3. The summed E-state index contributed by atoms with van der Waals surface area (Å²) >= 11 is 1.16. The van der Waals surface area contributed by atoms with Crippen LogP contribution in [0.4, 0.5) is 4.79 Å². The minimum Gasteiger partial charge on any atom is -0.340 e. The fourth-order valence-electron chi connectivity index (χ4n) is 2.62. The Balaban J connectivity index is 2.15. The number of amides is 3. The molecule has 2 rings (SSSR count). The molecule has 1 aromatic heterocycles. The Morgan fingerprint density at radius 1 is 1.25 bits per heavy atom. The SMILES string of the molecule is CCCNC(=O)NC(=O)CSc1nc2ccccc2c(=O)n1CCC[NH+](C)C. The van der Waals surface area contributed by atoms with E-state index in [-0.39, 0.29) is 11.3 Å². The van der Waals surface area contributed by atoms with Gasteiger partial charge in [0.15, 0.2) is 5.16 Å². The highest BCUT2D eigenvalue weighted by atomic mass is 32.2. The number of hydrogen-bond donors (Lipinski definition) is 3. The van der Waals surface area contributed by atoms with Gasteiger partial charge in [0, 0.05) is 19.5 Å². The first-order chi connectivity index (χ1) is 13.4. The molecular weight excluding hydrogens is 378 g/mol. The van der Waals surface area contributed by atoms with Crippen molar-refractivity contribution >= 4 is 34.6 Å². The molecular formula is C19H28N5O3S+. The predicted octanol–water partition coefficient (Wildman–Crippen LogP) is 0.259. The van der Waals surface area contributed by atoms with Crippen molar-refractivity contribution < 1.29 is 14.5 Å². The number of carbonyl (C=O) groups excluding carboxylic acids is 2. The van der Waals surface area contributed by atoms with E-state index in [2.05, 4.69) is 29.7 Å². The van der Waals surface area contributed by atoms with Crippen molar-refractivity contribution in [2.45, 2.75) is 31.5 Å². The second-order valence-electron chi connectivity index (χ2n) is 6.77. The Labute approximate surface area is 168 Å². The van der Waals surface area contributed by atoms with Gasteiger partial charge in [0.2, 0.25) is 5.91 Å². The fourth-order valence-corrected chi connectivity index (χ4v) is 3.45. The molecule has 0 radical (unpaired) electrons. The molecule has 0 fully saturated rings. The summed E-state index contributed by atoms with van der Waals surface area (Å²) in [5.41, 5.74) is 0.494. The van der Waals surface area contributed by atoms with Crippen LogP contribution in [0.15, 0.2) is 34.2 Å². The van der Waals surface area contributed by atoms with Gasteiger partial charge in [-0.2, -0.15) is 0 Å². The number of para-hydroxylation sites is 1. The Morgan fingerprint density at radius 2 is 2.00 bits per heavy atom. The lowest BCUT2D eigenvalue weighted by Crippen LogP contribution is -3.05. The van der Waals surface area contributed by atoms with Crippen LogP contribution in [-0.2, 0) is 11.3 Å². The summed E-state index contributed by atoms with van der Waals surface area (Å²) in [7, 11) is 4.12. The van der Waals surface area contributed by atoms with Gasteiger partial charge in [0.05, 0.1) is 37.3 Å². The molecule has 0 aliphatic heterocycles.